The van der Waals surface area contributed by atoms with E-state index in [1.54, 1.807) is 0 Å². The van der Waals surface area contributed by atoms with Crippen molar-refractivity contribution in [2.24, 2.45) is 0 Å². The summed E-state index contributed by atoms with van der Waals surface area (Å²) in [6, 6.07) is 15.6. The molecule has 2 N–H and O–H groups in total. The lowest BCUT2D eigenvalue weighted by Gasteiger charge is -2.07. The maximum absolute atomic E-state index is 12.8. The summed E-state index contributed by atoms with van der Waals surface area (Å²) >= 11 is 1.02. The average Bonchev–Trinajstić information content (AvgIpc) is 2.79. The van der Waals surface area contributed by atoms with Gasteiger partial charge < -0.3 is 15.0 Å². The average molecular weight is 474 g/mol. The number of ether oxygens (including phenoxy) is 1. The molecule has 0 spiro atoms. The number of aromatic nitrogens is 2. The Hall–Kier alpha value is -3.11. The van der Waals surface area contributed by atoms with Crippen LogP contribution in [-0.4, -0.2) is 43.2 Å². The van der Waals surface area contributed by atoms with Crippen molar-refractivity contribution in [3.63, 3.8) is 0 Å². The Balaban J connectivity index is 1.58. The molecule has 0 saturated carbocycles. The lowest BCUT2D eigenvalue weighted by atomic mass is 10.1. The molecule has 32 heavy (non-hydrogen) atoms. The van der Waals surface area contributed by atoms with Crippen LogP contribution in [-0.2, 0) is 21.1 Å². The number of aromatic amines is 1. The van der Waals surface area contributed by atoms with Gasteiger partial charge in [0, 0.05) is 6.54 Å². The quantitative estimate of drug-likeness (QED) is 0.343. The number of nitrogens with zero attached hydrogens (tertiary/aromatic N) is 1. The number of carbonyl (C=O) groups is 1. The summed E-state index contributed by atoms with van der Waals surface area (Å²) in [5.41, 5.74) is 0.330. The van der Waals surface area contributed by atoms with Crippen LogP contribution < -0.4 is 15.6 Å². The molecule has 10 heteroatoms. The summed E-state index contributed by atoms with van der Waals surface area (Å²) in [4.78, 5) is 30.3. The number of H-pyrrole nitrogens is 1. The number of hydrogen-bond donors (Lipinski definition) is 2. The molecule has 0 atom stereocenters. The zero-order valence-electron chi connectivity index (χ0n) is 17.4. The first kappa shape index (κ1) is 23.6. The lowest BCUT2D eigenvalue weighted by molar-refractivity contribution is -0.118. The van der Waals surface area contributed by atoms with Crippen molar-refractivity contribution in [1.82, 2.24) is 15.3 Å². The minimum absolute atomic E-state index is 0.0357. The molecule has 0 radical (unpaired) electrons. The first-order valence-corrected chi connectivity index (χ1v) is 12.4. The van der Waals surface area contributed by atoms with Crippen LogP contribution in [0.4, 0.5) is 0 Å². The summed E-state index contributed by atoms with van der Waals surface area (Å²) in [5, 5.41) is 2.97. The normalized spacial score (nSPS) is 11.2. The van der Waals surface area contributed by atoms with Gasteiger partial charge in [-0.2, -0.15) is 0 Å². The van der Waals surface area contributed by atoms with E-state index in [-0.39, 0.29) is 21.7 Å². The third-order valence-corrected chi connectivity index (χ3v) is 7.05. The van der Waals surface area contributed by atoms with E-state index in [2.05, 4.69) is 15.3 Å². The third kappa shape index (κ3) is 6.21. The number of sulfone groups is 1. The van der Waals surface area contributed by atoms with Crippen molar-refractivity contribution in [1.29, 1.82) is 0 Å². The Morgan fingerprint density at radius 2 is 1.84 bits per heavy atom. The highest BCUT2D eigenvalue weighted by Gasteiger charge is 2.22. The molecule has 1 aromatic heterocycles. The zero-order valence-corrected chi connectivity index (χ0v) is 19.0. The van der Waals surface area contributed by atoms with Crippen molar-refractivity contribution in [3.05, 3.63) is 76.7 Å². The fourth-order valence-corrected chi connectivity index (χ4v) is 4.71. The Bertz CT molecular complexity index is 1210. The highest BCUT2D eigenvalue weighted by molar-refractivity contribution is 7.99. The van der Waals surface area contributed by atoms with Crippen molar-refractivity contribution in [3.8, 4) is 5.75 Å². The number of hydrogen-bond acceptors (Lipinski definition) is 7. The van der Waals surface area contributed by atoms with Crippen molar-refractivity contribution >= 4 is 27.5 Å². The summed E-state index contributed by atoms with van der Waals surface area (Å²) in [6.07, 6.45) is 1.73. The van der Waals surface area contributed by atoms with Gasteiger partial charge in [-0.25, -0.2) is 13.4 Å². The predicted octanol–water partition coefficient (Wildman–Crippen LogP) is 2.45. The van der Waals surface area contributed by atoms with E-state index >= 15 is 0 Å². The first-order chi connectivity index (χ1) is 15.4. The third-order valence-electron chi connectivity index (χ3n) is 4.40. The molecule has 0 bridgehead atoms. The summed E-state index contributed by atoms with van der Waals surface area (Å²) in [5.74, 6) is 0.370. The topological polar surface area (TPSA) is 118 Å². The second kappa shape index (κ2) is 11.0. The molecule has 0 fully saturated rings. The van der Waals surface area contributed by atoms with Gasteiger partial charge in [-0.15, -0.1) is 0 Å². The second-order valence-corrected chi connectivity index (χ2v) is 9.55. The molecule has 0 aliphatic rings. The fourth-order valence-electron chi connectivity index (χ4n) is 2.82. The van der Waals surface area contributed by atoms with E-state index in [9.17, 15) is 18.0 Å². The van der Waals surface area contributed by atoms with Crippen molar-refractivity contribution in [2.45, 2.75) is 28.3 Å². The van der Waals surface area contributed by atoms with E-state index < -0.39 is 20.3 Å². The SMILES string of the molecule is CCOc1ccc(S(=O)(=O)c2cnc(SCC(=O)NCCc3ccccc3)[nH]c2=O)cc1. The molecule has 0 unspecified atom stereocenters. The van der Waals surface area contributed by atoms with Crippen molar-refractivity contribution < 1.29 is 17.9 Å². The molecule has 1 amide bonds. The molecule has 8 nitrogen and oxygen atoms in total. The van der Waals surface area contributed by atoms with Gasteiger partial charge in [-0.05, 0) is 43.2 Å². The standard InChI is InChI=1S/C22H23N3O5S2/c1-2-30-17-8-10-18(11-9-17)32(28,29)19-14-24-22(25-21(19)27)31-15-20(26)23-13-12-16-6-4-3-5-7-16/h3-11,14H,2,12-13,15H2,1H3,(H,23,26)(H,24,25,27). The minimum atomic E-state index is -4.04. The zero-order chi connectivity index (χ0) is 23.0. The van der Waals surface area contributed by atoms with E-state index in [0.29, 0.717) is 25.3 Å². The highest BCUT2D eigenvalue weighted by Crippen LogP contribution is 2.21. The smallest absolute Gasteiger partial charge is 0.270 e. The number of benzene rings is 2. The molecule has 168 valence electrons. The van der Waals surface area contributed by atoms with Crippen LogP contribution in [0.5, 0.6) is 5.75 Å². The molecular weight excluding hydrogens is 450 g/mol. The van der Waals surface area contributed by atoms with Gasteiger partial charge in [0.25, 0.3) is 5.56 Å². The van der Waals surface area contributed by atoms with Crippen molar-refractivity contribution in [2.75, 3.05) is 18.9 Å². The van der Waals surface area contributed by atoms with Crippen LogP contribution in [0.2, 0.25) is 0 Å². The molecule has 1 heterocycles. The van der Waals surface area contributed by atoms with Crippen LogP contribution in [0.15, 0.2) is 80.5 Å². The van der Waals surface area contributed by atoms with Crippen LogP contribution in [0.1, 0.15) is 12.5 Å². The van der Waals surface area contributed by atoms with E-state index in [1.807, 2.05) is 37.3 Å². The van der Waals surface area contributed by atoms with Gasteiger partial charge in [0.2, 0.25) is 15.7 Å². The van der Waals surface area contributed by atoms with Gasteiger partial charge in [-0.3, -0.25) is 9.59 Å². The molecular formula is C22H23N3O5S2. The summed E-state index contributed by atoms with van der Waals surface area (Å²) < 4.78 is 30.8. The molecule has 3 aromatic rings. The van der Waals surface area contributed by atoms with Gasteiger partial charge in [0.15, 0.2) is 10.1 Å². The molecule has 0 saturated heterocycles. The molecule has 2 aromatic carbocycles. The van der Waals surface area contributed by atoms with E-state index in [4.69, 9.17) is 4.74 Å². The number of nitrogens with one attached hydrogen (secondary N) is 2. The summed E-state index contributed by atoms with van der Waals surface area (Å²) in [6.45, 7) is 2.77. The number of rotatable bonds is 10. The first-order valence-electron chi connectivity index (χ1n) is 9.91. The van der Waals surface area contributed by atoms with E-state index in [1.165, 1.54) is 24.3 Å². The van der Waals surface area contributed by atoms with Crippen LogP contribution in [0.3, 0.4) is 0 Å². The highest BCUT2D eigenvalue weighted by atomic mass is 32.2. The molecule has 3 rings (SSSR count). The van der Waals surface area contributed by atoms with Crippen LogP contribution >= 0.6 is 11.8 Å². The Kier molecular flexibility index (Phi) is 8.07. The maximum Gasteiger partial charge on any atom is 0.270 e. The largest absolute Gasteiger partial charge is 0.494 e. The van der Waals surface area contributed by atoms with Crippen LogP contribution in [0.25, 0.3) is 0 Å². The predicted molar refractivity (Wildman–Crippen MR) is 122 cm³/mol. The van der Waals surface area contributed by atoms with Gasteiger partial charge in [0.05, 0.1) is 23.5 Å². The van der Waals surface area contributed by atoms with Gasteiger partial charge >= 0.3 is 0 Å². The Morgan fingerprint density at radius 1 is 1.12 bits per heavy atom. The minimum Gasteiger partial charge on any atom is -0.494 e. The lowest BCUT2D eigenvalue weighted by Crippen LogP contribution is -2.27. The van der Waals surface area contributed by atoms with Crippen LogP contribution in [0, 0.1) is 0 Å². The Morgan fingerprint density at radius 3 is 2.50 bits per heavy atom. The monoisotopic (exact) mass is 473 g/mol. The van der Waals surface area contributed by atoms with Gasteiger partial charge in [0.1, 0.15) is 5.75 Å². The second-order valence-electron chi connectivity index (χ2n) is 6.66. The number of thioether (sulfide) groups is 1. The fraction of sp³-hybridized carbons (Fsp3) is 0.227. The molecule has 0 aliphatic heterocycles. The number of amides is 1. The summed E-state index contributed by atoms with van der Waals surface area (Å²) in [7, 11) is -4.04. The Labute approximate surface area is 190 Å². The molecule has 0 aliphatic carbocycles. The van der Waals surface area contributed by atoms with E-state index in [0.717, 1.165) is 23.5 Å². The van der Waals surface area contributed by atoms with Gasteiger partial charge in [-0.1, -0.05) is 42.1 Å². The maximum atomic E-state index is 12.8. The number of carbonyl (C=O) groups excluding carboxylic acids is 1.